The number of aromatic amines is 1. The van der Waals surface area contributed by atoms with E-state index in [1.165, 1.54) is 12.1 Å². The van der Waals surface area contributed by atoms with Gasteiger partial charge in [-0.1, -0.05) is 28.1 Å². The average Bonchev–Trinajstić information content (AvgIpc) is 2.62. The molecule has 1 aromatic heterocycles. The Bertz CT molecular complexity index is 1080. The Morgan fingerprint density at radius 2 is 1.93 bits per heavy atom. The van der Waals surface area contributed by atoms with Crippen LogP contribution in [0.1, 0.15) is 24.2 Å². The Morgan fingerprint density at radius 1 is 1.18 bits per heavy atom. The summed E-state index contributed by atoms with van der Waals surface area (Å²) in [6.45, 7) is 0. The predicted molar refractivity (Wildman–Crippen MR) is 103 cm³/mol. The number of halogens is 4. The van der Waals surface area contributed by atoms with Crippen LogP contribution in [0.25, 0.3) is 10.9 Å². The van der Waals surface area contributed by atoms with Crippen LogP contribution in [0.3, 0.4) is 0 Å². The number of hydrogen-bond acceptors (Lipinski definition) is 3. The third-order valence-corrected chi connectivity index (χ3v) is 4.73. The van der Waals surface area contributed by atoms with Crippen LogP contribution in [0.2, 0.25) is 0 Å². The molecule has 3 aromatic rings. The first kappa shape index (κ1) is 20.1. The lowest BCUT2D eigenvalue weighted by atomic mass is 10.1. The number of fused-ring (bicyclic) bond motifs is 1. The van der Waals surface area contributed by atoms with Crippen LogP contribution in [0, 0.1) is 0 Å². The van der Waals surface area contributed by atoms with Gasteiger partial charge in [-0.15, -0.1) is 0 Å². The van der Waals surface area contributed by atoms with Gasteiger partial charge in [0.1, 0.15) is 5.82 Å². The summed E-state index contributed by atoms with van der Waals surface area (Å²) in [5, 5.41) is 2.94. The fourth-order valence-corrected chi connectivity index (χ4v) is 3.18. The zero-order valence-electron chi connectivity index (χ0n) is 14.4. The summed E-state index contributed by atoms with van der Waals surface area (Å²) in [6, 6.07) is 10.4. The molecule has 0 aliphatic carbocycles. The van der Waals surface area contributed by atoms with Crippen LogP contribution in [-0.2, 0) is 17.4 Å². The van der Waals surface area contributed by atoms with E-state index in [0.29, 0.717) is 29.6 Å². The number of nitrogens with zero attached hydrogens (tertiary/aromatic N) is 1. The summed E-state index contributed by atoms with van der Waals surface area (Å²) in [6.07, 6.45) is -3.70. The van der Waals surface area contributed by atoms with Gasteiger partial charge in [-0.25, -0.2) is 4.98 Å². The van der Waals surface area contributed by atoms with Crippen molar-refractivity contribution < 1.29 is 18.0 Å². The molecular formula is C19H15BrF3N3O2. The molecule has 9 heteroatoms. The molecule has 2 N–H and O–H groups in total. The highest BCUT2D eigenvalue weighted by molar-refractivity contribution is 9.10. The second kappa shape index (κ2) is 8.14. The van der Waals surface area contributed by atoms with Crippen LogP contribution in [0.15, 0.2) is 51.7 Å². The van der Waals surface area contributed by atoms with Gasteiger partial charge in [0, 0.05) is 23.0 Å². The number of nitrogens with one attached hydrogen (secondary N) is 2. The van der Waals surface area contributed by atoms with Crippen molar-refractivity contribution in [2.75, 3.05) is 5.32 Å². The van der Waals surface area contributed by atoms with E-state index in [0.717, 1.165) is 6.07 Å². The van der Waals surface area contributed by atoms with Crippen LogP contribution in [0.5, 0.6) is 0 Å². The standard InChI is InChI=1S/C19H15BrF3N3O2/c20-14-9-8-11(10-13(14)19(21,22)23)24-17(27)7-3-6-16-25-15-5-2-1-4-12(15)18(28)26-16/h1-2,4-5,8-10H,3,6-7H2,(H,24,27)(H,25,26,28). The summed E-state index contributed by atoms with van der Waals surface area (Å²) >= 11 is 2.85. The third-order valence-electron chi connectivity index (χ3n) is 4.03. The quantitative estimate of drug-likeness (QED) is 0.589. The highest BCUT2D eigenvalue weighted by Crippen LogP contribution is 2.36. The summed E-state index contributed by atoms with van der Waals surface area (Å²) in [5.41, 5.74) is -0.471. The van der Waals surface area contributed by atoms with Gasteiger partial charge in [0.2, 0.25) is 5.91 Å². The van der Waals surface area contributed by atoms with Crippen LogP contribution in [-0.4, -0.2) is 15.9 Å². The summed E-state index contributed by atoms with van der Waals surface area (Å²) in [7, 11) is 0. The van der Waals surface area contributed by atoms with Crippen LogP contribution < -0.4 is 10.9 Å². The van der Waals surface area contributed by atoms with Crippen molar-refractivity contribution in [3.8, 4) is 0 Å². The molecule has 28 heavy (non-hydrogen) atoms. The highest BCUT2D eigenvalue weighted by Gasteiger charge is 2.33. The van der Waals surface area contributed by atoms with Crippen molar-refractivity contribution in [3.63, 3.8) is 0 Å². The molecule has 3 rings (SSSR count). The predicted octanol–water partition coefficient (Wildman–Crippen LogP) is 4.67. The van der Waals surface area contributed by atoms with E-state index in [2.05, 4.69) is 31.2 Å². The minimum atomic E-state index is -4.52. The smallest absolute Gasteiger partial charge is 0.326 e. The number of anilines is 1. The molecule has 1 heterocycles. The van der Waals surface area contributed by atoms with Crippen molar-refractivity contribution in [2.24, 2.45) is 0 Å². The van der Waals surface area contributed by atoms with Gasteiger partial charge < -0.3 is 10.3 Å². The van der Waals surface area contributed by atoms with Crippen LogP contribution >= 0.6 is 15.9 Å². The number of carbonyl (C=O) groups excluding carboxylic acids is 1. The number of amides is 1. The number of carbonyl (C=O) groups is 1. The zero-order chi connectivity index (χ0) is 20.3. The van der Waals surface area contributed by atoms with E-state index in [1.54, 1.807) is 24.3 Å². The molecule has 0 aliphatic heterocycles. The van der Waals surface area contributed by atoms with Crippen molar-refractivity contribution >= 4 is 38.4 Å². The number of hydrogen-bond donors (Lipinski definition) is 2. The average molecular weight is 454 g/mol. The first-order chi connectivity index (χ1) is 13.2. The second-order valence-electron chi connectivity index (χ2n) is 6.12. The first-order valence-corrected chi connectivity index (χ1v) is 9.18. The van der Waals surface area contributed by atoms with Gasteiger partial charge in [0.05, 0.1) is 16.5 Å². The van der Waals surface area contributed by atoms with E-state index in [9.17, 15) is 22.8 Å². The number of aromatic nitrogens is 2. The summed E-state index contributed by atoms with van der Waals surface area (Å²) in [5.74, 6) is 0.0399. The topological polar surface area (TPSA) is 74.8 Å². The Hall–Kier alpha value is -2.68. The largest absolute Gasteiger partial charge is 0.417 e. The van der Waals surface area contributed by atoms with Crippen LogP contribution in [0.4, 0.5) is 18.9 Å². The Labute approximate surface area is 166 Å². The number of aryl methyl sites for hydroxylation is 1. The molecule has 0 atom stereocenters. The van der Waals surface area contributed by atoms with Gasteiger partial charge in [-0.3, -0.25) is 9.59 Å². The molecule has 1 amide bonds. The van der Waals surface area contributed by atoms with Gasteiger partial charge in [0.15, 0.2) is 0 Å². The Balaban J connectivity index is 1.60. The molecule has 2 aromatic carbocycles. The maximum Gasteiger partial charge on any atom is 0.417 e. The maximum absolute atomic E-state index is 12.9. The normalized spacial score (nSPS) is 11.6. The lowest BCUT2D eigenvalue weighted by Gasteiger charge is -2.12. The van der Waals surface area contributed by atoms with E-state index in [-0.39, 0.29) is 22.1 Å². The number of benzene rings is 2. The minimum Gasteiger partial charge on any atom is -0.326 e. The molecule has 5 nitrogen and oxygen atoms in total. The molecule has 0 radical (unpaired) electrons. The van der Waals surface area contributed by atoms with Gasteiger partial charge in [0.25, 0.3) is 5.56 Å². The van der Waals surface area contributed by atoms with Crippen molar-refractivity contribution in [2.45, 2.75) is 25.4 Å². The van der Waals surface area contributed by atoms with Gasteiger partial charge in [-0.05, 0) is 36.8 Å². The molecule has 146 valence electrons. The lowest BCUT2D eigenvalue weighted by Crippen LogP contribution is -2.15. The van der Waals surface area contributed by atoms with E-state index in [4.69, 9.17) is 0 Å². The molecule has 0 aliphatic rings. The molecule has 0 bridgehead atoms. The molecule has 0 saturated carbocycles. The molecule has 0 unspecified atom stereocenters. The monoisotopic (exact) mass is 453 g/mol. The molecular weight excluding hydrogens is 439 g/mol. The lowest BCUT2D eigenvalue weighted by molar-refractivity contribution is -0.138. The number of rotatable bonds is 5. The van der Waals surface area contributed by atoms with Crippen molar-refractivity contribution in [1.82, 2.24) is 9.97 Å². The van der Waals surface area contributed by atoms with Crippen molar-refractivity contribution in [3.05, 3.63) is 68.7 Å². The fraction of sp³-hybridized carbons (Fsp3) is 0.211. The SMILES string of the molecule is O=C(CCCc1nc2ccccc2c(=O)[nH]1)Nc1ccc(Br)c(C(F)(F)F)c1. The maximum atomic E-state index is 12.9. The van der Waals surface area contributed by atoms with E-state index >= 15 is 0 Å². The molecule has 0 saturated heterocycles. The summed E-state index contributed by atoms with van der Waals surface area (Å²) < 4.78 is 38.7. The third kappa shape index (κ3) is 4.78. The first-order valence-electron chi connectivity index (χ1n) is 8.38. The Kier molecular flexibility index (Phi) is 5.83. The second-order valence-corrected chi connectivity index (χ2v) is 6.98. The van der Waals surface area contributed by atoms with Gasteiger partial charge in [-0.2, -0.15) is 13.2 Å². The van der Waals surface area contributed by atoms with Crippen molar-refractivity contribution in [1.29, 1.82) is 0 Å². The highest BCUT2D eigenvalue weighted by atomic mass is 79.9. The Morgan fingerprint density at radius 3 is 2.68 bits per heavy atom. The molecule has 0 fully saturated rings. The summed E-state index contributed by atoms with van der Waals surface area (Å²) in [4.78, 5) is 31.1. The molecule has 0 spiro atoms. The zero-order valence-corrected chi connectivity index (χ0v) is 16.0. The number of H-pyrrole nitrogens is 1. The fourth-order valence-electron chi connectivity index (χ4n) is 2.71. The number of alkyl halides is 3. The number of para-hydroxylation sites is 1. The van der Waals surface area contributed by atoms with Gasteiger partial charge >= 0.3 is 6.18 Å². The van der Waals surface area contributed by atoms with E-state index in [1.807, 2.05) is 0 Å². The van der Waals surface area contributed by atoms with E-state index < -0.39 is 17.6 Å². The minimum absolute atomic E-state index is 0.0674.